The summed E-state index contributed by atoms with van der Waals surface area (Å²) in [5.41, 5.74) is 1.81. The Morgan fingerprint density at radius 1 is 1.03 bits per heavy atom. The monoisotopic (exact) mass is 467 g/mol. The minimum absolute atomic E-state index is 0.111. The molecule has 9 heteroatoms. The van der Waals surface area contributed by atoms with Crippen LogP contribution in [0.3, 0.4) is 0 Å². The van der Waals surface area contributed by atoms with Crippen molar-refractivity contribution in [2.75, 3.05) is 32.4 Å². The van der Waals surface area contributed by atoms with Crippen molar-refractivity contribution in [1.29, 1.82) is 0 Å². The predicted molar refractivity (Wildman–Crippen MR) is 128 cm³/mol. The van der Waals surface area contributed by atoms with Gasteiger partial charge in [0.2, 0.25) is 11.7 Å². The maximum absolute atomic E-state index is 12.8. The molecule has 1 heterocycles. The molecule has 1 aliphatic carbocycles. The Bertz CT molecular complexity index is 1170. The van der Waals surface area contributed by atoms with Crippen molar-refractivity contribution < 1.29 is 23.8 Å². The van der Waals surface area contributed by atoms with E-state index in [-0.39, 0.29) is 23.6 Å². The standard InChI is InChI=1S/C24H25N3O5S/c1-30-19-10-15(11-20(31-2)23(19)32-3)25-21(28)13-33-22-12-17(24(29)26-14-8-9-14)16-6-4-5-7-18(16)27-22/h4-7,10-12,14H,8-9,13H2,1-3H3,(H,25,28)(H,26,29). The van der Waals surface area contributed by atoms with Gasteiger partial charge in [-0.05, 0) is 25.0 Å². The van der Waals surface area contributed by atoms with Gasteiger partial charge in [-0.25, -0.2) is 4.98 Å². The Morgan fingerprint density at radius 3 is 2.36 bits per heavy atom. The first-order valence-corrected chi connectivity index (χ1v) is 11.4. The van der Waals surface area contributed by atoms with Crippen molar-refractivity contribution in [2.24, 2.45) is 0 Å². The van der Waals surface area contributed by atoms with Gasteiger partial charge in [-0.2, -0.15) is 0 Å². The Kier molecular flexibility index (Phi) is 6.88. The van der Waals surface area contributed by atoms with Gasteiger partial charge >= 0.3 is 0 Å². The third kappa shape index (κ3) is 5.31. The summed E-state index contributed by atoms with van der Waals surface area (Å²) >= 11 is 1.27. The number of fused-ring (bicyclic) bond motifs is 1. The summed E-state index contributed by atoms with van der Waals surface area (Å²) in [5, 5.41) is 7.27. The molecule has 0 atom stereocenters. The van der Waals surface area contributed by atoms with Crippen molar-refractivity contribution in [3.63, 3.8) is 0 Å². The molecular weight excluding hydrogens is 442 g/mol. The summed E-state index contributed by atoms with van der Waals surface area (Å²) in [6.07, 6.45) is 2.02. The van der Waals surface area contributed by atoms with Crippen LogP contribution in [-0.4, -0.2) is 49.9 Å². The van der Waals surface area contributed by atoms with Crippen molar-refractivity contribution in [1.82, 2.24) is 10.3 Å². The Labute approximate surface area is 196 Å². The van der Waals surface area contributed by atoms with E-state index in [4.69, 9.17) is 14.2 Å². The molecule has 1 fully saturated rings. The van der Waals surface area contributed by atoms with Gasteiger partial charge in [-0.1, -0.05) is 30.0 Å². The Morgan fingerprint density at radius 2 is 1.73 bits per heavy atom. The minimum atomic E-state index is -0.229. The number of benzene rings is 2. The quantitative estimate of drug-likeness (QED) is 0.461. The zero-order valence-corrected chi connectivity index (χ0v) is 19.5. The molecule has 0 radical (unpaired) electrons. The molecule has 1 aliphatic rings. The lowest BCUT2D eigenvalue weighted by Gasteiger charge is -2.14. The van der Waals surface area contributed by atoms with Gasteiger partial charge in [0.05, 0.1) is 43.2 Å². The fourth-order valence-electron chi connectivity index (χ4n) is 3.39. The maximum Gasteiger partial charge on any atom is 0.252 e. The number of rotatable bonds is 9. The largest absolute Gasteiger partial charge is 0.493 e. The average molecular weight is 468 g/mol. The number of pyridine rings is 1. The number of hydrogen-bond donors (Lipinski definition) is 2. The first kappa shape index (κ1) is 22.7. The molecule has 8 nitrogen and oxygen atoms in total. The Hall–Kier alpha value is -3.46. The first-order valence-electron chi connectivity index (χ1n) is 10.5. The van der Waals surface area contributed by atoms with E-state index in [0.29, 0.717) is 39.0 Å². The lowest BCUT2D eigenvalue weighted by molar-refractivity contribution is -0.113. The summed E-state index contributed by atoms with van der Waals surface area (Å²) < 4.78 is 16.0. The van der Waals surface area contributed by atoms with Crippen LogP contribution >= 0.6 is 11.8 Å². The molecule has 0 aliphatic heterocycles. The van der Waals surface area contributed by atoms with Crippen LogP contribution in [0.1, 0.15) is 23.2 Å². The molecule has 3 aromatic rings. The van der Waals surface area contributed by atoms with Crippen LogP contribution in [0, 0.1) is 0 Å². The highest BCUT2D eigenvalue weighted by atomic mass is 32.2. The number of anilines is 1. The van der Waals surface area contributed by atoms with Crippen molar-refractivity contribution >= 4 is 40.2 Å². The third-order valence-electron chi connectivity index (χ3n) is 5.15. The molecule has 0 bridgehead atoms. The van der Waals surface area contributed by atoms with Gasteiger partial charge in [0.25, 0.3) is 5.91 Å². The molecule has 1 aromatic heterocycles. The van der Waals surface area contributed by atoms with Crippen molar-refractivity contribution in [2.45, 2.75) is 23.9 Å². The summed E-state index contributed by atoms with van der Waals surface area (Å²) in [4.78, 5) is 30.0. The number of ether oxygens (including phenoxy) is 3. The molecule has 0 spiro atoms. The second kappa shape index (κ2) is 9.99. The van der Waals surface area contributed by atoms with E-state index in [1.165, 1.54) is 33.1 Å². The normalized spacial score (nSPS) is 12.8. The molecule has 172 valence electrons. The highest BCUT2D eigenvalue weighted by Crippen LogP contribution is 2.40. The average Bonchev–Trinajstić information content (AvgIpc) is 3.65. The second-order valence-corrected chi connectivity index (χ2v) is 8.52. The number of nitrogens with one attached hydrogen (secondary N) is 2. The van der Waals surface area contributed by atoms with Crippen LogP contribution in [0.4, 0.5) is 5.69 Å². The summed E-state index contributed by atoms with van der Waals surface area (Å²) in [6, 6.07) is 12.8. The number of para-hydroxylation sites is 1. The SMILES string of the molecule is COc1cc(NC(=O)CSc2cc(C(=O)NC3CC3)c3ccccc3n2)cc(OC)c1OC. The lowest BCUT2D eigenvalue weighted by Crippen LogP contribution is -2.25. The Balaban J connectivity index is 1.49. The zero-order valence-electron chi connectivity index (χ0n) is 18.6. The lowest BCUT2D eigenvalue weighted by atomic mass is 10.1. The fourth-order valence-corrected chi connectivity index (χ4v) is 4.11. The summed E-state index contributed by atoms with van der Waals surface area (Å²) in [7, 11) is 4.55. The van der Waals surface area contributed by atoms with Crippen LogP contribution < -0.4 is 24.8 Å². The predicted octanol–water partition coefficient (Wildman–Crippen LogP) is 3.88. The van der Waals surface area contributed by atoms with Gasteiger partial charge in [-0.15, -0.1) is 0 Å². The highest BCUT2D eigenvalue weighted by molar-refractivity contribution is 7.99. The molecule has 1 saturated carbocycles. The van der Waals surface area contributed by atoms with Gasteiger partial charge in [0, 0.05) is 29.2 Å². The van der Waals surface area contributed by atoms with Crippen LogP contribution in [-0.2, 0) is 4.79 Å². The molecule has 4 rings (SSSR count). The minimum Gasteiger partial charge on any atom is -0.493 e. The molecule has 0 saturated heterocycles. The molecule has 33 heavy (non-hydrogen) atoms. The van der Waals surface area contributed by atoms with Gasteiger partial charge in [0.1, 0.15) is 0 Å². The van der Waals surface area contributed by atoms with Crippen LogP contribution in [0.2, 0.25) is 0 Å². The van der Waals surface area contributed by atoms with E-state index in [1.54, 1.807) is 18.2 Å². The molecular formula is C24H25N3O5S. The fraction of sp³-hybridized carbons (Fsp3) is 0.292. The number of hydrogen-bond acceptors (Lipinski definition) is 7. The molecule has 2 aromatic carbocycles. The number of methoxy groups -OCH3 is 3. The zero-order chi connectivity index (χ0) is 23.4. The molecule has 2 amide bonds. The van der Waals surface area contributed by atoms with E-state index >= 15 is 0 Å². The molecule has 2 N–H and O–H groups in total. The number of aromatic nitrogens is 1. The van der Waals surface area contributed by atoms with Crippen molar-refractivity contribution in [3.05, 3.63) is 48.0 Å². The number of thioether (sulfide) groups is 1. The number of nitrogens with zero attached hydrogens (tertiary/aromatic N) is 1. The molecule has 0 unspecified atom stereocenters. The van der Waals surface area contributed by atoms with E-state index in [2.05, 4.69) is 15.6 Å². The second-order valence-electron chi connectivity index (χ2n) is 7.52. The topological polar surface area (TPSA) is 98.8 Å². The van der Waals surface area contributed by atoms with Crippen LogP contribution in [0.25, 0.3) is 10.9 Å². The first-order chi connectivity index (χ1) is 16.0. The van der Waals surface area contributed by atoms with Gasteiger partial charge < -0.3 is 24.8 Å². The van der Waals surface area contributed by atoms with E-state index in [1.807, 2.05) is 24.3 Å². The third-order valence-corrected chi connectivity index (χ3v) is 6.06. The maximum atomic E-state index is 12.8. The smallest absolute Gasteiger partial charge is 0.252 e. The van der Waals surface area contributed by atoms with Gasteiger partial charge in [-0.3, -0.25) is 9.59 Å². The van der Waals surface area contributed by atoms with Gasteiger partial charge in [0.15, 0.2) is 11.5 Å². The van der Waals surface area contributed by atoms with Crippen LogP contribution in [0.5, 0.6) is 17.2 Å². The number of carbonyl (C=O) groups excluding carboxylic acids is 2. The van der Waals surface area contributed by atoms with E-state index < -0.39 is 0 Å². The van der Waals surface area contributed by atoms with Crippen molar-refractivity contribution in [3.8, 4) is 17.2 Å². The number of amides is 2. The van der Waals surface area contributed by atoms with E-state index in [9.17, 15) is 9.59 Å². The van der Waals surface area contributed by atoms with Crippen LogP contribution in [0.15, 0.2) is 47.5 Å². The van der Waals surface area contributed by atoms with E-state index in [0.717, 1.165) is 18.2 Å². The summed E-state index contributed by atoms with van der Waals surface area (Å²) in [6.45, 7) is 0. The summed E-state index contributed by atoms with van der Waals surface area (Å²) in [5.74, 6) is 1.12. The highest BCUT2D eigenvalue weighted by Gasteiger charge is 2.25. The number of carbonyl (C=O) groups is 2.